The summed E-state index contributed by atoms with van der Waals surface area (Å²) in [4.78, 5) is 41.0. The summed E-state index contributed by atoms with van der Waals surface area (Å²) < 4.78 is 5.11. The van der Waals surface area contributed by atoms with E-state index in [0.29, 0.717) is 18.0 Å². The van der Waals surface area contributed by atoms with Gasteiger partial charge in [-0.2, -0.15) is 0 Å². The van der Waals surface area contributed by atoms with Gasteiger partial charge < -0.3 is 14.3 Å². The van der Waals surface area contributed by atoms with Gasteiger partial charge in [-0.3, -0.25) is 14.4 Å². The number of aromatic nitrogens is 1. The minimum absolute atomic E-state index is 0.0139. The van der Waals surface area contributed by atoms with Gasteiger partial charge in [-0.25, -0.2) is 0 Å². The highest BCUT2D eigenvalue weighted by Crippen LogP contribution is 2.25. The van der Waals surface area contributed by atoms with Gasteiger partial charge in [-0.05, 0) is 30.4 Å². The molecule has 2 atom stereocenters. The summed E-state index contributed by atoms with van der Waals surface area (Å²) in [6, 6.07) is 11.1. The van der Waals surface area contributed by atoms with Crippen molar-refractivity contribution in [3.8, 4) is 0 Å². The Balaban J connectivity index is 1.36. The number of allylic oxidation sites excluding steroid dienone is 3. The van der Waals surface area contributed by atoms with Crippen LogP contribution in [-0.4, -0.2) is 58.7 Å². The standard InChI is InChI=1S/C25H27N3O4/c1-17-12-22(32-26-17)14-24(30)28-16-21(29)13-23(28)25(31)27(2)15-18-8-10-20(11-9-18)19-6-4-3-5-7-19/h3-8,10-12,18,23H,9,13-16H2,1-2H3/t18?,23-/m0/s1. The number of likely N-dealkylation sites (tertiary alicyclic amines) is 1. The zero-order chi connectivity index (χ0) is 22.7. The van der Waals surface area contributed by atoms with E-state index in [-0.39, 0.29) is 42.9 Å². The van der Waals surface area contributed by atoms with E-state index in [1.165, 1.54) is 16.0 Å². The third kappa shape index (κ3) is 4.88. The fourth-order valence-electron chi connectivity index (χ4n) is 4.26. The molecule has 2 aromatic rings. The number of hydrogen-bond donors (Lipinski definition) is 0. The second kappa shape index (κ2) is 9.34. The van der Waals surface area contributed by atoms with E-state index in [9.17, 15) is 14.4 Å². The van der Waals surface area contributed by atoms with E-state index in [1.807, 2.05) is 18.2 Å². The molecule has 166 valence electrons. The Morgan fingerprint density at radius 2 is 2.03 bits per heavy atom. The Bertz CT molecular complexity index is 1070. The fraction of sp³-hybridized carbons (Fsp3) is 0.360. The molecule has 7 nitrogen and oxygen atoms in total. The van der Waals surface area contributed by atoms with Gasteiger partial charge in [0.05, 0.1) is 18.7 Å². The van der Waals surface area contributed by atoms with Crippen LogP contribution in [0.3, 0.4) is 0 Å². The average Bonchev–Trinajstić information content (AvgIpc) is 3.39. The summed E-state index contributed by atoms with van der Waals surface area (Å²) in [5.74, 6) is 0.0115. The van der Waals surface area contributed by atoms with Gasteiger partial charge in [0.1, 0.15) is 11.8 Å². The van der Waals surface area contributed by atoms with Crippen molar-refractivity contribution < 1.29 is 18.9 Å². The van der Waals surface area contributed by atoms with Crippen LogP contribution in [0.5, 0.6) is 0 Å². The molecule has 4 rings (SSSR count). The molecule has 2 aliphatic rings. The zero-order valence-electron chi connectivity index (χ0n) is 18.4. The normalized spacial score (nSPS) is 20.4. The summed E-state index contributed by atoms with van der Waals surface area (Å²) in [5, 5.41) is 3.78. The van der Waals surface area contributed by atoms with Crippen LogP contribution >= 0.6 is 0 Å². The summed E-state index contributed by atoms with van der Waals surface area (Å²) in [7, 11) is 1.73. The number of aryl methyl sites for hydroxylation is 1. The quantitative estimate of drug-likeness (QED) is 0.700. The number of Topliss-reactive ketones (excluding diaryl/α,β-unsaturated/α-hetero) is 1. The molecule has 2 heterocycles. The molecular formula is C25H27N3O4. The summed E-state index contributed by atoms with van der Waals surface area (Å²) >= 11 is 0. The lowest BCUT2D eigenvalue weighted by atomic mass is 9.92. The van der Waals surface area contributed by atoms with Crippen LogP contribution in [-0.2, 0) is 20.8 Å². The first-order valence-electron chi connectivity index (χ1n) is 10.8. The Hall–Kier alpha value is -3.48. The molecule has 0 saturated carbocycles. The number of hydrogen-bond acceptors (Lipinski definition) is 5. The van der Waals surface area contributed by atoms with Crippen molar-refractivity contribution in [2.24, 2.45) is 5.92 Å². The van der Waals surface area contributed by atoms with Crippen LogP contribution < -0.4 is 0 Å². The number of ketones is 1. The van der Waals surface area contributed by atoms with E-state index >= 15 is 0 Å². The van der Waals surface area contributed by atoms with Crippen molar-refractivity contribution in [1.82, 2.24) is 15.0 Å². The van der Waals surface area contributed by atoms with Crippen molar-refractivity contribution in [1.29, 1.82) is 0 Å². The van der Waals surface area contributed by atoms with Crippen molar-refractivity contribution in [3.05, 3.63) is 71.6 Å². The number of rotatable bonds is 6. The van der Waals surface area contributed by atoms with Gasteiger partial charge in [-0.15, -0.1) is 0 Å². The third-order valence-corrected chi connectivity index (χ3v) is 5.93. The monoisotopic (exact) mass is 433 g/mol. The molecule has 1 fully saturated rings. The van der Waals surface area contributed by atoms with Crippen molar-refractivity contribution in [3.63, 3.8) is 0 Å². The predicted molar refractivity (Wildman–Crippen MR) is 119 cm³/mol. The minimum Gasteiger partial charge on any atom is -0.361 e. The number of carbonyl (C=O) groups is 3. The number of amides is 2. The average molecular weight is 434 g/mol. The van der Waals surface area contributed by atoms with E-state index in [1.54, 1.807) is 24.9 Å². The lowest BCUT2D eigenvalue weighted by molar-refractivity contribution is -0.143. The van der Waals surface area contributed by atoms with Crippen LogP contribution in [0.15, 0.2) is 59.1 Å². The maximum absolute atomic E-state index is 13.1. The largest absolute Gasteiger partial charge is 0.361 e. The van der Waals surface area contributed by atoms with E-state index < -0.39 is 6.04 Å². The van der Waals surface area contributed by atoms with E-state index in [0.717, 1.165) is 6.42 Å². The minimum atomic E-state index is -0.757. The highest BCUT2D eigenvalue weighted by Gasteiger charge is 2.40. The van der Waals surface area contributed by atoms with Crippen LogP contribution in [0.2, 0.25) is 0 Å². The number of carbonyl (C=O) groups excluding carboxylic acids is 3. The lowest BCUT2D eigenvalue weighted by Crippen LogP contribution is -2.48. The molecule has 1 aromatic carbocycles. The first kappa shape index (κ1) is 21.7. The van der Waals surface area contributed by atoms with Gasteiger partial charge in [0.25, 0.3) is 0 Å². The van der Waals surface area contributed by atoms with Gasteiger partial charge >= 0.3 is 0 Å². The van der Waals surface area contributed by atoms with Crippen LogP contribution in [0, 0.1) is 12.8 Å². The van der Waals surface area contributed by atoms with Crippen LogP contribution in [0.25, 0.3) is 5.57 Å². The molecule has 1 aliphatic carbocycles. The molecule has 0 spiro atoms. The van der Waals surface area contributed by atoms with Gasteiger partial charge in [-0.1, -0.05) is 53.7 Å². The summed E-state index contributed by atoms with van der Waals surface area (Å²) in [6.45, 7) is 2.26. The predicted octanol–water partition coefficient (Wildman–Crippen LogP) is 2.81. The lowest BCUT2D eigenvalue weighted by Gasteiger charge is -2.29. The third-order valence-electron chi connectivity index (χ3n) is 5.93. The molecule has 1 saturated heterocycles. The zero-order valence-corrected chi connectivity index (χ0v) is 18.4. The molecule has 7 heteroatoms. The summed E-state index contributed by atoms with van der Waals surface area (Å²) in [5.41, 5.74) is 3.03. The van der Waals surface area contributed by atoms with Crippen molar-refractivity contribution in [2.45, 2.75) is 32.2 Å². The van der Waals surface area contributed by atoms with E-state index in [4.69, 9.17) is 4.52 Å². The van der Waals surface area contributed by atoms with Gasteiger partial charge in [0.2, 0.25) is 11.8 Å². The number of likely N-dealkylation sites (N-methyl/N-ethyl adjacent to an activating group) is 1. The molecule has 0 bridgehead atoms. The first-order chi connectivity index (χ1) is 15.4. The second-order valence-electron chi connectivity index (χ2n) is 8.49. The number of benzene rings is 1. The van der Waals surface area contributed by atoms with Crippen molar-refractivity contribution in [2.75, 3.05) is 20.1 Å². The Morgan fingerprint density at radius 1 is 1.25 bits per heavy atom. The molecule has 1 aromatic heterocycles. The molecule has 0 N–H and O–H groups in total. The number of nitrogens with zero attached hydrogens (tertiary/aromatic N) is 3. The Labute approximate surface area is 187 Å². The van der Waals surface area contributed by atoms with Crippen LogP contribution in [0.1, 0.15) is 29.9 Å². The van der Waals surface area contributed by atoms with Gasteiger partial charge in [0, 0.05) is 26.1 Å². The Kier molecular flexibility index (Phi) is 6.35. The highest BCUT2D eigenvalue weighted by atomic mass is 16.5. The molecular weight excluding hydrogens is 406 g/mol. The van der Waals surface area contributed by atoms with Crippen LogP contribution in [0.4, 0.5) is 0 Å². The maximum atomic E-state index is 13.1. The van der Waals surface area contributed by atoms with Gasteiger partial charge in [0.15, 0.2) is 5.78 Å². The van der Waals surface area contributed by atoms with Crippen molar-refractivity contribution >= 4 is 23.2 Å². The molecule has 32 heavy (non-hydrogen) atoms. The fourth-order valence-corrected chi connectivity index (χ4v) is 4.26. The maximum Gasteiger partial charge on any atom is 0.245 e. The second-order valence-corrected chi connectivity index (χ2v) is 8.49. The SMILES string of the molecule is Cc1cc(CC(=O)N2CC(=O)C[C@H]2C(=O)N(C)CC2C=CC(c3ccccc3)=CC2)on1. The van der Waals surface area contributed by atoms with E-state index in [2.05, 4.69) is 35.5 Å². The molecule has 0 radical (unpaired) electrons. The topological polar surface area (TPSA) is 83.7 Å². The molecule has 2 amide bonds. The molecule has 1 aliphatic heterocycles. The smallest absolute Gasteiger partial charge is 0.245 e. The Morgan fingerprint density at radius 3 is 2.69 bits per heavy atom. The first-order valence-corrected chi connectivity index (χ1v) is 10.8. The highest BCUT2D eigenvalue weighted by molar-refractivity contribution is 5.99. The summed E-state index contributed by atoms with van der Waals surface area (Å²) in [6.07, 6.45) is 7.28. The molecule has 1 unspecified atom stereocenters.